The highest BCUT2D eigenvalue weighted by atomic mass is 19.1. The highest BCUT2D eigenvalue weighted by Crippen LogP contribution is 2.70. The highest BCUT2D eigenvalue weighted by Gasteiger charge is 2.75. The Bertz CT molecular complexity index is 957. The summed E-state index contributed by atoms with van der Waals surface area (Å²) in [6.45, 7) is 10.8. The molecule has 3 fully saturated rings. The van der Waals surface area contributed by atoms with Crippen LogP contribution >= 0.6 is 0 Å². The van der Waals surface area contributed by atoms with Crippen molar-refractivity contribution in [3.05, 3.63) is 36.0 Å². The summed E-state index contributed by atoms with van der Waals surface area (Å²) in [5.41, 5.74) is -4.06. The molecule has 4 aliphatic carbocycles. The van der Waals surface area contributed by atoms with Crippen molar-refractivity contribution in [2.75, 3.05) is 13.2 Å². The van der Waals surface area contributed by atoms with Crippen molar-refractivity contribution < 1.29 is 33.7 Å². The summed E-state index contributed by atoms with van der Waals surface area (Å²) in [5.74, 6) is -1.95. The van der Waals surface area contributed by atoms with Crippen LogP contribution in [0.2, 0.25) is 0 Å². The summed E-state index contributed by atoms with van der Waals surface area (Å²) in [7, 11) is 0. The van der Waals surface area contributed by atoms with Crippen LogP contribution in [-0.4, -0.2) is 52.7 Å². The van der Waals surface area contributed by atoms with Crippen molar-refractivity contribution in [3.8, 4) is 0 Å². The monoisotopic (exact) mass is 476 g/mol. The Kier molecular flexibility index (Phi) is 6.13. The lowest BCUT2D eigenvalue weighted by molar-refractivity contribution is -0.219. The number of alkyl halides is 1. The number of carbonyl (C=O) groups is 2. The normalized spacial score (nSPS) is 45.0. The number of Topliss-reactive ketones (excluding diaryl/α,β-unsaturated/α-hetero) is 1. The third-order valence-corrected chi connectivity index (χ3v) is 9.49. The van der Waals surface area contributed by atoms with Gasteiger partial charge in [-0.3, -0.25) is 4.79 Å². The summed E-state index contributed by atoms with van der Waals surface area (Å²) in [4.78, 5) is 25.1. The van der Waals surface area contributed by atoms with Crippen molar-refractivity contribution in [3.63, 3.8) is 0 Å². The van der Waals surface area contributed by atoms with E-state index in [2.05, 4.69) is 6.58 Å². The lowest BCUT2D eigenvalue weighted by atomic mass is 9.44. The van der Waals surface area contributed by atoms with Gasteiger partial charge in [0.15, 0.2) is 12.3 Å². The smallest absolute Gasteiger partial charge is 0.434 e. The first kappa shape index (κ1) is 25.1. The minimum atomic E-state index is -1.92. The zero-order valence-electron chi connectivity index (χ0n) is 20.6. The third-order valence-electron chi connectivity index (χ3n) is 9.49. The van der Waals surface area contributed by atoms with Gasteiger partial charge in [0, 0.05) is 16.7 Å². The molecule has 0 spiro atoms. The van der Waals surface area contributed by atoms with Gasteiger partial charge >= 0.3 is 6.16 Å². The molecule has 34 heavy (non-hydrogen) atoms. The molecule has 2 N–H and O–H groups in total. The number of rotatable bonds is 5. The molecule has 0 radical (unpaired) electrons. The van der Waals surface area contributed by atoms with Gasteiger partial charge in [-0.25, -0.2) is 9.18 Å². The molecule has 0 aromatic carbocycles. The predicted octanol–water partition coefficient (Wildman–Crippen LogP) is 4.45. The van der Waals surface area contributed by atoms with E-state index in [4.69, 9.17) is 9.47 Å². The molecular weight excluding hydrogens is 439 g/mol. The lowest BCUT2D eigenvalue weighted by Crippen LogP contribution is -2.69. The molecule has 7 heteroatoms. The van der Waals surface area contributed by atoms with Gasteiger partial charge in [0.1, 0.15) is 5.60 Å². The van der Waals surface area contributed by atoms with Gasteiger partial charge in [-0.15, -0.1) is 0 Å². The first-order valence-corrected chi connectivity index (χ1v) is 12.4. The molecule has 6 nitrogen and oxygen atoms in total. The Morgan fingerprint density at radius 1 is 1.26 bits per heavy atom. The Balaban J connectivity index is 1.65. The predicted molar refractivity (Wildman–Crippen MR) is 125 cm³/mol. The van der Waals surface area contributed by atoms with E-state index in [-0.39, 0.29) is 18.9 Å². The molecule has 0 aromatic rings. The summed E-state index contributed by atoms with van der Waals surface area (Å²) in [6.07, 6.45) is 5.43. The largest absolute Gasteiger partial charge is 0.508 e. The maximum absolute atomic E-state index is 17.2. The molecule has 3 saturated carbocycles. The first-order valence-electron chi connectivity index (χ1n) is 12.4. The van der Waals surface area contributed by atoms with Gasteiger partial charge in [0.2, 0.25) is 5.78 Å². The maximum atomic E-state index is 17.2. The van der Waals surface area contributed by atoms with Gasteiger partial charge in [-0.1, -0.05) is 51.2 Å². The molecule has 0 aromatic heterocycles. The van der Waals surface area contributed by atoms with Crippen LogP contribution in [0, 0.1) is 28.6 Å². The van der Waals surface area contributed by atoms with E-state index >= 15 is 4.39 Å². The van der Waals surface area contributed by atoms with Crippen LogP contribution < -0.4 is 0 Å². The van der Waals surface area contributed by atoms with Crippen molar-refractivity contribution in [1.82, 2.24) is 0 Å². The summed E-state index contributed by atoms with van der Waals surface area (Å²) < 4.78 is 27.0. The van der Waals surface area contributed by atoms with E-state index in [0.717, 1.165) is 11.1 Å². The summed E-state index contributed by atoms with van der Waals surface area (Å²) in [5, 5.41) is 23.2. The number of aliphatic hydroxyl groups excluding tert-OH is 1. The number of ketones is 1. The van der Waals surface area contributed by atoms with Gasteiger partial charge in [0.05, 0.1) is 12.7 Å². The van der Waals surface area contributed by atoms with Gasteiger partial charge in [-0.2, -0.15) is 0 Å². The van der Waals surface area contributed by atoms with E-state index in [1.54, 1.807) is 19.9 Å². The van der Waals surface area contributed by atoms with E-state index in [0.29, 0.717) is 25.7 Å². The summed E-state index contributed by atoms with van der Waals surface area (Å²) in [6, 6.07) is 0. The van der Waals surface area contributed by atoms with Gasteiger partial charge < -0.3 is 19.7 Å². The van der Waals surface area contributed by atoms with Gasteiger partial charge in [0.25, 0.3) is 0 Å². The second kappa shape index (κ2) is 8.30. The number of aliphatic hydroxyl groups is 2. The number of fused-ring (bicyclic) bond motifs is 5. The number of ether oxygens (including phenoxy) is 2. The Morgan fingerprint density at radius 3 is 2.65 bits per heavy atom. The standard InChI is InChI=1S/C27H37FO6/c1-6-11-33-23(31)34-15-22(30)27(32)17(3)13-20-19-8-7-18-12-16(2)9-10-24(18,4)26(19,28)21(29)14-25(20,27)5/h9-10,12,17,19-21,29,32H,2,6-8,11,13-15H2,1,3-5H3/t17-,19+,20+,21+,24+,25+,26+,27+/m1/s1. The molecule has 0 aliphatic heterocycles. The topological polar surface area (TPSA) is 93.1 Å². The lowest BCUT2D eigenvalue weighted by Gasteiger charge is -2.62. The minimum absolute atomic E-state index is 0.0603. The zero-order chi connectivity index (χ0) is 25.1. The SMILES string of the molecule is C=C1C=C[C@@]2(C)C(=C1)CC[C@H]1[C@@H]3C[C@@H](C)[C@](O)(C(=O)COC(=O)OCCC)[C@@]3(C)C[C@H](O)[C@@]12F. The molecule has 4 aliphatic rings. The van der Waals surface area contributed by atoms with Crippen LogP contribution in [0.3, 0.4) is 0 Å². The maximum Gasteiger partial charge on any atom is 0.508 e. The van der Waals surface area contributed by atoms with Crippen molar-refractivity contribution in [1.29, 1.82) is 0 Å². The molecule has 0 amide bonds. The van der Waals surface area contributed by atoms with Crippen LogP contribution in [0.4, 0.5) is 9.18 Å². The zero-order valence-corrected chi connectivity index (χ0v) is 20.6. The highest BCUT2D eigenvalue weighted by molar-refractivity contribution is 5.91. The first-order chi connectivity index (χ1) is 15.9. The van der Waals surface area contributed by atoms with E-state index < -0.39 is 58.6 Å². The number of allylic oxidation sites excluding steroid dienone is 5. The Morgan fingerprint density at radius 2 is 1.97 bits per heavy atom. The van der Waals surface area contributed by atoms with Crippen LogP contribution in [0.5, 0.6) is 0 Å². The fourth-order valence-corrected chi connectivity index (χ4v) is 7.68. The molecule has 8 atom stereocenters. The van der Waals surface area contributed by atoms with Crippen molar-refractivity contribution >= 4 is 11.9 Å². The van der Waals surface area contributed by atoms with Crippen LogP contribution in [0.15, 0.2) is 36.0 Å². The molecular formula is C27H37FO6. The average molecular weight is 477 g/mol. The van der Waals surface area contributed by atoms with E-state index in [9.17, 15) is 19.8 Å². The number of halogens is 1. The van der Waals surface area contributed by atoms with Crippen LogP contribution in [-0.2, 0) is 14.3 Å². The average Bonchev–Trinajstić information content (AvgIpc) is 2.99. The minimum Gasteiger partial charge on any atom is -0.434 e. The van der Waals surface area contributed by atoms with Crippen LogP contribution in [0.25, 0.3) is 0 Å². The van der Waals surface area contributed by atoms with Gasteiger partial charge in [-0.05, 0) is 56.4 Å². The molecule has 188 valence electrons. The fourth-order valence-electron chi connectivity index (χ4n) is 7.68. The summed E-state index contributed by atoms with van der Waals surface area (Å²) >= 11 is 0. The quantitative estimate of drug-likeness (QED) is 0.570. The second-order valence-corrected chi connectivity index (χ2v) is 11.2. The number of carbonyl (C=O) groups excluding carboxylic acids is 2. The molecule has 0 bridgehead atoms. The molecule has 4 rings (SSSR count). The van der Waals surface area contributed by atoms with E-state index in [1.165, 1.54) is 0 Å². The Labute approximate surface area is 200 Å². The molecule has 0 unspecified atom stereocenters. The number of hydrogen-bond donors (Lipinski definition) is 2. The Hall–Kier alpha value is -1.99. The third kappa shape index (κ3) is 3.19. The van der Waals surface area contributed by atoms with Crippen molar-refractivity contribution in [2.45, 2.75) is 77.2 Å². The van der Waals surface area contributed by atoms with E-state index in [1.807, 2.05) is 26.0 Å². The van der Waals surface area contributed by atoms with Crippen LogP contribution in [0.1, 0.15) is 59.8 Å². The van der Waals surface area contributed by atoms with Crippen molar-refractivity contribution in [2.24, 2.45) is 28.6 Å². The fraction of sp³-hybridized carbons (Fsp3) is 0.704. The number of hydrogen-bond acceptors (Lipinski definition) is 6. The molecule has 0 saturated heterocycles. The second-order valence-electron chi connectivity index (χ2n) is 11.2. The molecule has 0 heterocycles.